The van der Waals surface area contributed by atoms with Crippen LogP contribution >= 0.6 is 15.9 Å². The molecule has 1 amide bonds. The first-order valence-corrected chi connectivity index (χ1v) is 10.2. The van der Waals surface area contributed by atoms with Gasteiger partial charge in [0.25, 0.3) is 0 Å². The van der Waals surface area contributed by atoms with Crippen molar-refractivity contribution >= 4 is 39.0 Å². The lowest BCUT2D eigenvalue weighted by atomic mass is 10.1. The van der Waals surface area contributed by atoms with Crippen molar-refractivity contribution in [2.75, 3.05) is 10.6 Å². The second kappa shape index (κ2) is 9.33. The molecule has 0 unspecified atom stereocenters. The summed E-state index contributed by atoms with van der Waals surface area (Å²) in [6.45, 7) is 0. The molecule has 4 aromatic rings. The van der Waals surface area contributed by atoms with Crippen LogP contribution < -0.4 is 10.6 Å². The molecule has 3 aromatic carbocycles. The van der Waals surface area contributed by atoms with Crippen LogP contribution in [0.2, 0.25) is 0 Å². The molecule has 5 nitrogen and oxygen atoms in total. The summed E-state index contributed by atoms with van der Waals surface area (Å²) < 4.78 is 0.995. The van der Waals surface area contributed by atoms with Gasteiger partial charge in [0.15, 0.2) is 0 Å². The van der Waals surface area contributed by atoms with Crippen LogP contribution in [0.5, 0.6) is 0 Å². The molecule has 30 heavy (non-hydrogen) atoms. The molecule has 4 rings (SSSR count). The SMILES string of the molecule is O=C(Cc1ccc(Br)cc1)Nc1ccc(Nc2cc(-c3ccccc3)ncn2)cc1. The van der Waals surface area contributed by atoms with Gasteiger partial charge in [-0.3, -0.25) is 4.79 Å². The molecule has 0 aliphatic rings. The van der Waals surface area contributed by atoms with E-state index in [1.165, 1.54) is 0 Å². The number of anilines is 3. The number of halogens is 1. The van der Waals surface area contributed by atoms with Crippen LogP contribution in [0.3, 0.4) is 0 Å². The van der Waals surface area contributed by atoms with Crippen molar-refractivity contribution in [2.24, 2.45) is 0 Å². The van der Waals surface area contributed by atoms with Gasteiger partial charge in [-0.2, -0.15) is 0 Å². The van der Waals surface area contributed by atoms with E-state index in [0.717, 1.165) is 32.7 Å². The van der Waals surface area contributed by atoms with Gasteiger partial charge in [-0.25, -0.2) is 9.97 Å². The third-order valence-electron chi connectivity index (χ3n) is 4.46. The van der Waals surface area contributed by atoms with Crippen LogP contribution in [0.25, 0.3) is 11.3 Å². The second-order valence-electron chi connectivity index (χ2n) is 6.71. The molecule has 0 radical (unpaired) electrons. The van der Waals surface area contributed by atoms with E-state index in [1.54, 1.807) is 6.33 Å². The standard InChI is InChI=1S/C24H19BrN4O/c25-19-8-6-17(7-9-19)14-24(30)29-21-12-10-20(11-13-21)28-23-15-22(26-16-27-23)18-4-2-1-3-5-18/h1-13,15-16H,14H2,(H,29,30)(H,26,27,28). The average molecular weight is 459 g/mol. The molecule has 6 heteroatoms. The summed E-state index contributed by atoms with van der Waals surface area (Å²) in [6.07, 6.45) is 1.87. The number of rotatable bonds is 6. The third-order valence-corrected chi connectivity index (χ3v) is 4.98. The number of hydrogen-bond acceptors (Lipinski definition) is 4. The van der Waals surface area contributed by atoms with E-state index in [1.807, 2.05) is 84.9 Å². The van der Waals surface area contributed by atoms with E-state index in [4.69, 9.17) is 0 Å². The molecule has 0 saturated carbocycles. The fourth-order valence-corrected chi connectivity index (χ4v) is 3.23. The Morgan fingerprint density at radius 1 is 0.833 bits per heavy atom. The zero-order valence-electron chi connectivity index (χ0n) is 16.0. The molecule has 2 N–H and O–H groups in total. The molecule has 0 aliphatic heterocycles. The smallest absolute Gasteiger partial charge is 0.228 e. The molecule has 0 fully saturated rings. The highest BCUT2D eigenvalue weighted by Crippen LogP contribution is 2.22. The van der Waals surface area contributed by atoms with Crippen LogP contribution in [0.1, 0.15) is 5.56 Å². The van der Waals surface area contributed by atoms with Gasteiger partial charge in [-0.1, -0.05) is 58.4 Å². The highest BCUT2D eigenvalue weighted by molar-refractivity contribution is 9.10. The zero-order valence-corrected chi connectivity index (χ0v) is 17.6. The highest BCUT2D eigenvalue weighted by atomic mass is 79.9. The zero-order chi connectivity index (χ0) is 20.8. The van der Waals surface area contributed by atoms with E-state index in [2.05, 4.69) is 36.5 Å². The fraction of sp³-hybridized carbons (Fsp3) is 0.0417. The first-order chi connectivity index (χ1) is 14.7. The van der Waals surface area contributed by atoms with E-state index >= 15 is 0 Å². The van der Waals surface area contributed by atoms with Crippen LogP contribution in [0, 0.1) is 0 Å². The minimum absolute atomic E-state index is 0.0543. The molecule has 1 aromatic heterocycles. The maximum atomic E-state index is 12.3. The number of nitrogens with zero attached hydrogens (tertiary/aromatic N) is 2. The lowest BCUT2D eigenvalue weighted by Crippen LogP contribution is -2.14. The maximum Gasteiger partial charge on any atom is 0.228 e. The van der Waals surface area contributed by atoms with E-state index in [-0.39, 0.29) is 5.91 Å². The molecule has 148 valence electrons. The molecule has 0 aliphatic carbocycles. The van der Waals surface area contributed by atoms with Gasteiger partial charge in [0, 0.05) is 27.5 Å². The van der Waals surface area contributed by atoms with Gasteiger partial charge in [0.05, 0.1) is 12.1 Å². The van der Waals surface area contributed by atoms with Gasteiger partial charge in [-0.15, -0.1) is 0 Å². The number of carbonyl (C=O) groups is 1. The van der Waals surface area contributed by atoms with Crippen molar-refractivity contribution in [3.05, 3.63) is 101 Å². The largest absolute Gasteiger partial charge is 0.340 e. The van der Waals surface area contributed by atoms with Crippen LogP contribution in [-0.4, -0.2) is 15.9 Å². The summed E-state index contributed by atoms with van der Waals surface area (Å²) in [7, 11) is 0. The van der Waals surface area contributed by atoms with Crippen LogP contribution in [0.4, 0.5) is 17.2 Å². The number of amides is 1. The normalized spacial score (nSPS) is 10.4. The van der Waals surface area contributed by atoms with Gasteiger partial charge in [-0.05, 0) is 42.0 Å². The molecule has 1 heterocycles. The fourth-order valence-electron chi connectivity index (χ4n) is 2.97. The highest BCUT2D eigenvalue weighted by Gasteiger charge is 2.06. The number of carbonyl (C=O) groups excluding carboxylic acids is 1. The van der Waals surface area contributed by atoms with E-state index in [9.17, 15) is 4.79 Å². The predicted octanol–water partition coefficient (Wildman–Crippen LogP) is 5.83. The summed E-state index contributed by atoms with van der Waals surface area (Å²) in [5, 5.41) is 6.19. The Balaban J connectivity index is 1.38. The summed E-state index contributed by atoms with van der Waals surface area (Å²) in [4.78, 5) is 20.9. The number of aromatic nitrogens is 2. The van der Waals surface area contributed by atoms with Crippen molar-refractivity contribution < 1.29 is 4.79 Å². The Labute approximate surface area is 183 Å². The predicted molar refractivity (Wildman–Crippen MR) is 124 cm³/mol. The Bertz CT molecular complexity index is 1130. The molecule has 0 spiro atoms. The molecule has 0 saturated heterocycles. The Hall–Kier alpha value is -3.51. The first kappa shape index (κ1) is 19.8. The minimum Gasteiger partial charge on any atom is -0.340 e. The van der Waals surface area contributed by atoms with Crippen molar-refractivity contribution in [2.45, 2.75) is 6.42 Å². The number of benzene rings is 3. The summed E-state index contributed by atoms with van der Waals surface area (Å²) >= 11 is 3.40. The lowest BCUT2D eigenvalue weighted by Gasteiger charge is -2.09. The van der Waals surface area contributed by atoms with Crippen molar-refractivity contribution in [1.82, 2.24) is 9.97 Å². The van der Waals surface area contributed by atoms with Crippen LogP contribution in [-0.2, 0) is 11.2 Å². The van der Waals surface area contributed by atoms with Gasteiger partial charge >= 0.3 is 0 Å². The van der Waals surface area contributed by atoms with Gasteiger partial charge in [0.1, 0.15) is 12.1 Å². The summed E-state index contributed by atoms with van der Waals surface area (Å²) in [6, 6.07) is 27.1. The van der Waals surface area contributed by atoms with Gasteiger partial charge in [0.2, 0.25) is 5.91 Å². The lowest BCUT2D eigenvalue weighted by molar-refractivity contribution is -0.115. The Morgan fingerprint density at radius 2 is 1.53 bits per heavy atom. The molecular weight excluding hydrogens is 440 g/mol. The second-order valence-corrected chi connectivity index (χ2v) is 7.62. The Morgan fingerprint density at radius 3 is 2.27 bits per heavy atom. The molecular formula is C24H19BrN4O. The summed E-state index contributed by atoms with van der Waals surface area (Å²) in [5.74, 6) is 0.650. The summed E-state index contributed by atoms with van der Waals surface area (Å²) in [5.41, 5.74) is 4.47. The minimum atomic E-state index is -0.0543. The average Bonchev–Trinajstić information content (AvgIpc) is 2.77. The molecule has 0 atom stereocenters. The van der Waals surface area contributed by atoms with Crippen LogP contribution in [0.15, 0.2) is 95.7 Å². The quantitative estimate of drug-likeness (QED) is 0.381. The number of hydrogen-bond donors (Lipinski definition) is 2. The number of nitrogens with one attached hydrogen (secondary N) is 2. The third kappa shape index (κ3) is 5.30. The maximum absolute atomic E-state index is 12.3. The topological polar surface area (TPSA) is 66.9 Å². The van der Waals surface area contributed by atoms with Crippen molar-refractivity contribution in [3.63, 3.8) is 0 Å². The van der Waals surface area contributed by atoms with Gasteiger partial charge < -0.3 is 10.6 Å². The van der Waals surface area contributed by atoms with E-state index < -0.39 is 0 Å². The van der Waals surface area contributed by atoms with E-state index in [0.29, 0.717) is 12.2 Å². The molecule has 0 bridgehead atoms. The van der Waals surface area contributed by atoms with Crippen molar-refractivity contribution in [1.29, 1.82) is 0 Å². The monoisotopic (exact) mass is 458 g/mol. The first-order valence-electron chi connectivity index (χ1n) is 9.44. The Kier molecular flexibility index (Phi) is 6.15. The van der Waals surface area contributed by atoms with Crippen molar-refractivity contribution in [3.8, 4) is 11.3 Å².